The van der Waals surface area contributed by atoms with Crippen molar-refractivity contribution in [2.24, 2.45) is 39.7 Å². The third-order valence-electron chi connectivity index (χ3n) is 11.0. The lowest BCUT2D eigenvalue weighted by Gasteiger charge is -2.58. The first-order chi connectivity index (χ1) is 20.1. The predicted molar refractivity (Wildman–Crippen MR) is 157 cm³/mol. The Morgan fingerprint density at radius 3 is 2.40 bits per heavy atom. The molecular formula is C32H45N3O8. The smallest absolute Gasteiger partial charge is 0.326 e. The normalized spacial score (nSPS) is 35.3. The quantitative estimate of drug-likeness (QED) is 0.188. The minimum Gasteiger partial charge on any atom is -0.481 e. The van der Waals surface area contributed by atoms with Crippen LogP contribution < -0.4 is 10.6 Å². The molecule has 0 aliphatic heterocycles. The maximum Gasteiger partial charge on any atom is 0.326 e. The lowest BCUT2D eigenvalue weighted by molar-refractivity contribution is -0.147. The van der Waals surface area contributed by atoms with Crippen LogP contribution in [-0.2, 0) is 24.0 Å². The maximum absolute atomic E-state index is 12.6. The SMILES string of the molecule is C#C[C@@]1(O)CCC2C3CCC4=CC(=NOCC(=O)NC(C(=O)NC(CC(=O)O)C(=O)O)C(C)C)CC[C@]4(C)C3CC[C@@]21C. The molecule has 0 aromatic rings. The lowest BCUT2D eigenvalue weighted by Crippen LogP contribution is -2.54. The van der Waals surface area contributed by atoms with Crippen molar-refractivity contribution >= 4 is 29.5 Å². The molecule has 3 fully saturated rings. The summed E-state index contributed by atoms with van der Waals surface area (Å²) in [5, 5.41) is 38.3. The Hall–Kier alpha value is -3.39. The molecule has 0 saturated heterocycles. The van der Waals surface area contributed by atoms with Gasteiger partial charge in [0.15, 0.2) is 6.61 Å². The number of fused-ring (bicyclic) bond motifs is 5. The van der Waals surface area contributed by atoms with Crippen LogP contribution in [0.5, 0.6) is 0 Å². The van der Waals surface area contributed by atoms with Crippen LogP contribution in [0.25, 0.3) is 0 Å². The molecule has 236 valence electrons. The fourth-order valence-electron chi connectivity index (χ4n) is 8.46. The highest BCUT2D eigenvalue weighted by Gasteiger charge is 2.63. The molecule has 0 bridgehead atoms. The monoisotopic (exact) mass is 599 g/mol. The number of carbonyl (C=O) groups excluding carboxylic acids is 2. The minimum absolute atomic E-state index is 0.0454. The number of carboxylic acid groups (broad SMARTS) is 2. The summed E-state index contributed by atoms with van der Waals surface area (Å²) in [5.41, 5.74) is 0.909. The first-order valence-corrected chi connectivity index (χ1v) is 15.3. The first-order valence-electron chi connectivity index (χ1n) is 15.3. The standard InChI is InChI=1S/C32H45N3O8/c1-6-32(42)14-11-23-21-8-7-19-15-20(9-12-30(19,4)22(21)10-13-31(23,32)5)35-43-17-25(36)34-27(18(2)3)28(39)33-24(29(40)41)16-26(37)38/h1,15,18,21-24,27,42H,7-14,16-17H2,2-5H3,(H,33,39)(H,34,36)(H,37,38)(H,40,41)/t21?,22?,23?,24?,27?,30-,31-,32+/m0/s1. The summed E-state index contributed by atoms with van der Waals surface area (Å²) < 4.78 is 0. The largest absolute Gasteiger partial charge is 0.481 e. The van der Waals surface area contributed by atoms with E-state index >= 15 is 0 Å². The Balaban J connectivity index is 1.35. The van der Waals surface area contributed by atoms with Gasteiger partial charge in [0.25, 0.3) is 5.91 Å². The molecule has 8 atom stereocenters. The van der Waals surface area contributed by atoms with Crippen LogP contribution in [0.1, 0.15) is 85.5 Å². The van der Waals surface area contributed by atoms with E-state index in [1.807, 2.05) is 0 Å². The second kappa shape index (κ2) is 12.3. The number of aliphatic hydroxyl groups is 1. The summed E-state index contributed by atoms with van der Waals surface area (Å²) in [6, 6.07) is -2.70. The van der Waals surface area contributed by atoms with E-state index in [1.165, 1.54) is 5.57 Å². The van der Waals surface area contributed by atoms with Crippen molar-refractivity contribution in [3.8, 4) is 12.3 Å². The lowest BCUT2D eigenvalue weighted by atomic mass is 9.46. The van der Waals surface area contributed by atoms with Gasteiger partial charge in [0.2, 0.25) is 5.91 Å². The number of hydrogen-bond donors (Lipinski definition) is 5. The number of oxime groups is 1. The van der Waals surface area contributed by atoms with Crippen LogP contribution in [0.4, 0.5) is 0 Å². The van der Waals surface area contributed by atoms with E-state index in [4.69, 9.17) is 16.4 Å². The minimum atomic E-state index is -1.62. The molecule has 0 heterocycles. The zero-order chi connectivity index (χ0) is 31.7. The van der Waals surface area contributed by atoms with Crippen molar-refractivity contribution in [2.75, 3.05) is 6.61 Å². The van der Waals surface area contributed by atoms with Gasteiger partial charge in [-0.1, -0.05) is 44.3 Å². The van der Waals surface area contributed by atoms with E-state index in [0.717, 1.165) is 44.2 Å². The summed E-state index contributed by atoms with van der Waals surface area (Å²) in [5.74, 6) is -0.430. The summed E-state index contributed by atoms with van der Waals surface area (Å²) in [7, 11) is 0. The van der Waals surface area contributed by atoms with Gasteiger partial charge in [0, 0.05) is 5.41 Å². The zero-order valence-electron chi connectivity index (χ0n) is 25.5. The molecule has 2 amide bonds. The molecule has 0 aromatic heterocycles. The number of terminal acetylenes is 1. The Labute approximate surface area is 252 Å². The summed E-state index contributed by atoms with van der Waals surface area (Å²) in [4.78, 5) is 52.9. The number of carboxylic acids is 2. The summed E-state index contributed by atoms with van der Waals surface area (Å²) >= 11 is 0. The van der Waals surface area contributed by atoms with E-state index in [0.29, 0.717) is 30.6 Å². The Morgan fingerprint density at radius 1 is 1.07 bits per heavy atom. The van der Waals surface area contributed by atoms with Crippen molar-refractivity contribution in [3.05, 3.63) is 11.6 Å². The maximum atomic E-state index is 12.6. The van der Waals surface area contributed by atoms with Gasteiger partial charge in [-0.15, -0.1) is 6.42 Å². The van der Waals surface area contributed by atoms with Crippen LogP contribution in [0.2, 0.25) is 0 Å². The van der Waals surface area contributed by atoms with Crippen molar-refractivity contribution in [3.63, 3.8) is 0 Å². The number of carbonyl (C=O) groups is 4. The van der Waals surface area contributed by atoms with Gasteiger partial charge in [-0.05, 0) is 86.5 Å². The molecule has 4 aliphatic carbocycles. The third kappa shape index (κ3) is 6.17. The van der Waals surface area contributed by atoms with Gasteiger partial charge < -0.3 is 30.8 Å². The van der Waals surface area contributed by atoms with Gasteiger partial charge in [-0.2, -0.15) is 0 Å². The number of hydrogen-bond acceptors (Lipinski definition) is 7. The van der Waals surface area contributed by atoms with Gasteiger partial charge in [-0.3, -0.25) is 14.4 Å². The summed E-state index contributed by atoms with van der Waals surface area (Å²) in [6.07, 6.45) is 14.4. The number of rotatable bonds is 10. The molecule has 3 saturated carbocycles. The highest BCUT2D eigenvalue weighted by atomic mass is 16.6. The Bertz CT molecular complexity index is 1250. The van der Waals surface area contributed by atoms with Crippen LogP contribution in [-0.4, -0.2) is 69.1 Å². The topological polar surface area (TPSA) is 175 Å². The van der Waals surface area contributed by atoms with Crippen LogP contribution in [0.15, 0.2) is 16.8 Å². The average molecular weight is 600 g/mol. The zero-order valence-corrected chi connectivity index (χ0v) is 25.5. The fourth-order valence-corrected chi connectivity index (χ4v) is 8.46. The van der Waals surface area contributed by atoms with E-state index in [9.17, 15) is 29.4 Å². The molecule has 4 rings (SSSR count). The molecule has 4 aliphatic rings. The Morgan fingerprint density at radius 2 is 1.77 bits per heavy atom. The summed E-state index contributed by atoms with van der Waals surface area (Å²) in [6.45, 7) is 7.46. The van der Waals surface area contributed by atoms with Gasteiger partial charge in [0.05, 0.1) is 12.1 Å². The van der Waals surface area contributed by atoms with Crippen molar-refractivity contribution in [1.29, 1.82) is 0 Å². The number of amides is 2. The second-order valence-corrected chi connectivity index (χ2v) is 13.6. The molecule has 11 nitrogen and oxygen atoms in total. The van der Waals surface area contributed by atoms with Crippen LogP contribution in [0.3, 0.4) is 0 Å². The first kappa shape index (κ1) is 32.5. The predicted octanol–water partition coefficient (Wildman–Crippen LogP) is 2.87. The van der Waals surface area contributed by atoms with Crippen LogP contribution >= 0.6 is 0 Å². The van der Waals surface area contributed by atoms with Gasteiger partial charge >= 0.3 is 11.9 Å². The fraction of sp³-hybridized carbons (Fsp3) is 0.719. The molecule has 0 spiro atoms. The van der Waals surface area contributed by atoms with Crippen LogP contribution in [0, 0.1) is 46.8 Å². The highest BCUT2D eigenvalue weighted by Crippen LogP contribution is 2.67. The van der Waals surface area contributed by atoms with Gasteiger partial charge in [-0.25, -0.2) is 4.79 Å². The number of nitrogens with zero attached hydrogens (tertiary/aromatic N) is 1. The highest BCUT2D eigenvalue weighted by molar-refractivity contribution is 5.96. The molecular weight excluding hydrogens is 554 g/mol. The van der Waals surface area contributed by atoms with E-state index in [-0.39, 0.29) is 10.8 Å². The number of allylic oxidation sites excluding steroid dienone is 2. The Kier molecular flexibility index (Phi) is 9.31. The second-order valence-electron chi connectivity index (χ2n) is 13.6. The molecule has 0 radical (unpaired) electrons. The average Bonchev–Trinajstić information content (AvgIpc) is 3.21. The third-order valence-corrected chi connectivity index (χ3v) is 11.0. The number of aliphatic carboxylic acids is 2. The number of nitrogens with one attached hydrogen (secondary N) is 2. The molecule has 43 heavy (non-hydrogen) atoms. The molecule has 5 unspecified atom stereocenters. The van der Waals surface area contributed by atoms with Crippen molar-refractivity contribution < 1.29 is 39.3 Å². The van der Waals surface area contributed by atoms with E-state index < -0.39 is 60.4 Å². The van der Waals surface area contributed by atoms with Gasteiger partial charge in [0.1, 0.15) is 17.7 Å². The van der Waals surface area contributed by atoms with E-state index in [2.05, 4.69) is 41.6 Å². The van der Waals surface area contributed by atoms with Crippen molar-refractivity contribution in [1.82, 2.24) is 10.6 Å². The molecule has 11 heteroatoms. The van der Waals surface area contributed by atoms with Crippen molar-refractivity contribution in [2.45, 2.75) is 103 Å². The van der Waals surface area contributed by atoms with E-state index in [1.54, 1.807) is 13.8 Å². The molecule has 5 N–H and O–H groups in total. The molecule has 0 aromatic carbocycles.